The van der Waals surface area contributed by atoms with Crippen LogP contribution in [0.1, 0.15) is 44.4 Å². The van der Waals surface area contributed by atoms with Crippen molar-refractivity contribution < 1.29 is 22.3 Å². The monoisotopic (exact) mass is 438 g/mol. The Morgan fingerprint density at radius 1 is 1.13 bits per heavy atom. The van der Waals surface area contributed by atoms with Crippen LogP contribution in [-0.2, 0) is 18.0 Å². The summed E-state index contributed by atoms with van der Waals surface area (Å²) >= 11 is 0. The van der Waals surface area contributed by atoms with Crippen LogP contribution in [0.2, 0.25) is 0 Å². The van der Waals surface area contributed by atoms with E-state index < -0.39 is 23.0 Å². The summed E-state index contributed by atoms with van der Waals surface area (Å²) in [6.07, 6.45) is -2.32. The van der Waals surface area contributed by atoms with E-state index in [4.69, 9.17) is 10.5 Å². The zero-order valence-electron chi connectivity index (χ0n) is 18.6. The van der Waals surface area contributed by atoms with Crippen LogP contribution in [0.15, 0.2) is 48.2 Å². The highest BCUT2D eigenvalue weighted by Gasteiger charge is 2.43. The molecule has 2 N–H and O–H groups in total. The number of ether oxygens (including phenoxy) is 1. The van der Waals surface area contributed by atoms with Crippen molar-refractivity contribution in [2.45, 2.75) is 45.7 Å². The normalized spacial score (nSPS) is 19.2. The Bertz CT molecular complexity index is 940. The summed E-state index contributed by atoms with van der Waals surface area (Å²) in [4.78, 5) is 2.18. The van der Waals surface area contributed by atoms with Gasteiger partial charge >= 0.3 is 6.18 Å². The largest absolute Gasteiger partial charge is 0.497 e. The molecule has 0 radical (unpaired) electrons. The standard InChI is InChI=1S/C22H23F4NO.C2H7N/c1-5-20-21(3,13-14-7-9-16(18(23)11-14)22(24,25)26)17-12-15(28-4)8-10-19(17)27(20)6-2;1-2-3/h5,7-12H,6,13H2,1-4H3;2-3H2,1H3/b20-5-;. The second-order valence-electron chi connectivity index (χ2n) is 7.53. The Labute approximate surface area is 181 Å². The highest BCUT2D eigenvalue weighted by molar-refractivity contribution is 5.72. The molecule has 170 valence electrons. The van der Waals surface area contributed by atoms with Crippen molar-refractivity contribution in [1.82, 2.24) is 0 Å². The molecule has 0 aliphatic carbocycles. The van der Waals surface area contributed by atoms with Crippen LogP contribution >= 0.6 is 0 Å². The second kappa shape index (κ2) is 9.73. The SMILES string of the molecule is C/C=C1\N(CC)c2ccc(OC)cc2C1(C)Cc1ccc(C(F)(F)F)c(F)c1.CCN. The van der Waals surface area contributed by atoms with Gasteiger partial charge in [0.25, 0.3) is 0 Å². The zero-order valence-corrected chi connectivity index (χ0v) is 18.6. The number of hydrogen-bond acceptors (Lipinski definition) is 3. The van der Waals surface area contributed by atoms with E-state index in [1.165, 1.54) is 6.07 Å². The molecular formula is C24H30F4N2O. The first-order valence-corrected chi connectivity index (χ1v) is 10.3. The Hall–Kier alpha value is -2.54. The number of benzene rings is 2. The third kappa shape index (κ3) is 4.87. The smallest absolute Gasteiger partial charge is 0.419 e. The Morgan fingerprint density at radius 2 is 1.77 bits per heavy atom. The van der Waals surface area contributed by atoms with Gasteiger partial charge in [-0.05, 0) is 75.2 Å². The Kier molecular flexibility index (Phi) is 7.76. The van der Waals surface area contributed by atoms with Gasteiger partial charge in [0.2, 0.25) is 0 Å². The lowest BCUT2D eigenvalue weighted by Crippen LogP contribution is -2.30. The highest BCUT2D eigenvalue weighted by atomic mass is 19.4. The van der Waals surface area contributed by atoms with Crippen LogP contribution < -0.4 is 15.4 Å². The summed E-state index contributed by atoms with van der Waals surface area (Å²) < 4.78 is 58.1. The van der Waals surface area contributed by atoms with Crippen LogP contribution in [0.25, 0.3) is 0 Å². The van der Waals surface area contributed by atoms with Crippen molar-refractivity contribution in [3.63, 3.8) is 0 Å². The van der Waals surface area contributed by atoms with Gasteiger partial charge in [-0.25, -0.2) is 4.39 Å². The Balaban J connectivity index is 0.00000107. The molecule has 3 nitrogen and oxygen atoms in total. The maximum Gasteiger partial charge on any atom is 0.419 e. The van der Waals surface area contributed by atoms with E-state index in [1.807, 2.05) is 52.0 Å². The summed E-state index contributed by atoms with van der Waals surface area (Å²) in [5, 5.41) is 0. The van der Waals surface area contributed by atoms with Gasteiger partial charge in [-0.1, -0.05) is 19.1 Å². The quantitative estimate of drug-likeness (QED) is 0.590. The average molecular weight is 439 g/mol. The van der Waals surface area contributed by atoms with E-state index >= 15 is 0 Å². The molecule has 3 rings (SSSR count). The molecule has 1 unspecified atom stereocenters. The predicted octanol–water partition coefficient (Wildman–Crippen LogP) is 6.06. The molecule has 1 aliphatic rings. The van der Waals surface area contributed by atoms with Gasteiger partial charge in [-0.2, -0.15) is 13.2 Å². The van der Waals surface area contributed by atoms with Crippen molar-refractivity contribution in [2.75, 3.05) is 25.1 Å². The Morgan fingerprint density at radius 3 is 2.26 bits per heavy atom. The first-order valence-electron chi connectivity index (χ1n) is 10.3. The fourth-order valence-electron chi connectivity index (χ4n) is 4.19. The van der Waals surface area contributed by atoms with Gasteiger partial charge in [-0.15, -0.1) is 0 Å². The van der Waals surface area contributed by atoms with Gasteiger partial charge in [0, 0.05) is 23.3 Å². The van der Waals surface area contributed by atoms with E-state index in [1.54, 1.807) is 7.11 Å². The van der Waals surface area contributed by atoms with Crippen LogP contribution in [-0.4, -0.2) is 20.2 Å². The molecule has 2 aromatic carbocycles. The summed E-state index contributed by atoms with van der Waals surface area (Å²) in [6.45, 7) is 9.41. The molecule has 0 fully saturated rings. The number of alkyl halides is 3. The van der Waals surface area contributed by atoms with Gasteiger partial charge in [0.1, 0.15) is 11.6 Å². The van der Waals surface area contributed by atoms with Gasteiger partial charge < -0.3 is 15.4 Å². The number of anilines is 1. The number of allylic oxidation sites excluding steroid dienone is 2. The average Bonchev–Trinajstić information content (AvgIpc) is 2.94. The molecule has 1 heterocycles. The molecule has 1 atom stereocenters. The maximum atomic E-state index is 14.1. The fourth-order valence-corrected chi connectivity index (χ4v) is 4.19. The maximum absolute atomic E-state index is 14.1. The van der Waals surface area contributed by atoms with Crippen molar-refractivity contribution in [3.8, 4) is 5.75 Å². The summed E-state index contributed by atoms with van der Waals surface area (Å²) in [6, 6.07) is 9.00. The van der Waals surface area contributed by atoms with Crippen LogP contribution in [0.3, 0.4) is 0 Å². The van der Waals surface area contributed by atoms with Crippen LogP contribution in [0.4, 0.5) is 23.2 Å². The minimum absolute atomic E-state index is 0.373. The highest BCUT2D eigenvalue weighted by Crippen LogP contribution is 2.50. The van der Waals surface area contributed by atoms with Crippen molar-refractivity contribution >= 4 is 5.69 Å². The van der Waals surface area contributed by atoms with Crippen LogP contribution in [0, 0.1) is 5.82 Å². The van der Waals surface area contributed by atoms with E-state index in [9.17, 15) is 17.6 Å². The van der Waals surface area contributed by atoms with E-state index in [2.05, 4.69) is 4.90 Å². The molecule has 2 aromatic rings. The van der Waals surface area contributed by atoms with E-state index in [0.29, 0.717) is 17.7 Å². The summed E-state index contributed by atoms with van der Waals surface area (Å²) in [5.74, 6) is -0.538. The molecule has 0 saturated heterocycles. The molecule has 1 aliphatic heterocycles. The first kappa shape index (κ1) is 24.7. The van der Waals surface area contributed by atoms with Crippen molar-refractivity contribution in [3.05, 3.63) is 70.7 Å². The minimum atomic E-state index is -4.70. The molecule has 0 amide bonds. The minimum Gasteiger partial charge on any atom is -0.497 e. The topological polar surface area (TPSA) is 38.5 Å². The van der Waals surface area contributed by atoms with Gasteiger partial charge in [0.05, 0.1) is 12.7 Å². The lowest BCUT2D eigenvalue weighted by Gasteiger charge is -2.30. The number of fused-ring (bicyclic) bond motifs is 1. The van der Waals surface area contributed by atoms with E-state index in [-0.39, 0.29) is 0 Å². The third-order valence-electron chi connectivity index (χ3n) is 5.43. The number of methoxy groups -OCH3 is 1. The van der Waals surface area contributed by atoms with E-state index in [0.717, 1.165) is 42.2 Å². The van der Waals surface area contributed by atoms with Gasteiger partial charge in [0.15, 0.2) is 0 Å². The van der Waals surface area contributed by atoms with Crippen molar-refractivity contribution in [2.24, 2.45) is 5.73 Å². The molecule has 0 spiro atoms. The van der Waals surface area contributed by atoms with Crippen molar-refractivity contribution in [1.29, 1.82) is 0 Å². The third-order valence-corrected chi connectivity index (χ3v) is 5.43. The molecule has 0 bridgehead atoms. The summed E-state index contributed by atoms with van der Waals surface area (Å²) in [5.41, 5.74) is 6.70. The zero-order chi connectivity index (χ0) is 23.4. The number of halogens is 4. The lowest BCUT2D eigenvalue weighted by atomic mass is 9.76. The fraction of sp³-hybridized carbons (Fsp3) is 0.417. The number of nitrogens with zero attached hydrogens (tertiary/aromatic N) is 1. The molecule has 7 heteroatoms. The summed E-state index contributed by atoms with van der Waals surface area (Å²) in [7, 11) is 1.59. The second-order valence-corrected chi connectivity index (χ2v) is 7.53. The molecule has 31 heavy (non-hydrogen) atoms. The molecular weight excluding hydrogens is 408 g/mol. The molecule has 0 aromatic heterocycles. The lowest BCUT2D eigenvalue weighted by molar-refractivity contribution is -0.140. The molecule has 0 saturated carbocycles. The number of rotatable bonds is 4. The van der Waals surface area contributed by atoms with Crippen LogP contribution in [0.5, 0.6) is 5.75 Å². The van der Waals surface area contributed by atoms with Gasteiger partial charge in [-0.3, -0.25) is 0 Å². The number of nitrogens with two attached hydrogens (primary N) is 1. The number of hydrogen-bond donors (Lipinski definition) is 1. The number of likely N-dealkylation sites (N-methyl/N-ethyl adjacent to an activating group) is 1. The predicted molar refractivity (Wildman–Crippen MR) is 117 cm³/mol. The first-order chi connectivity index (χ1) is 14.6.